The van der Waals surface area contributed by atoms with Crippen molar-refractivity contribution in [3.63, 3.8) is 0 Å². The van der Waals surface area contributed by atoms with Crippen LogP contribution in [0.15, 0.2) is 24.3 Å². The average molecular weight is 318 g/mol. The van der Waals surface area contributed by atoms with Crippen LogP contribution in [0.5, 0.6) is 5.75 Å². The number of nitrogens with one attached hydrogen (secondary N) is 1. The second kappa shape index (κ2) is 7.13. The van der Waals surface area contributed by atoms with Crippen LogP contribution in [0.2, 0.25) is 0 Å². The number of ether oxygens (including phenoxy) is 1. The van der Waals surface area contributed by atoms with Crippen LogP contribution in [0.3, 0.4) is 0 Å². The van der Waals surface area contributed by atoms with Gasteiger partial charge < -0.3 is 10.1 Å². The molecule has 124 valence electrons. The van der Waals surface area contributed by atoms with Crippen molar-refractivity contribution in [1.82, 2.24) is 9.78 Å². The fourth-order valence-corrected chi connectivity index (χ4v) is 2.29. The van der Waals surface area contributed by atoms with Crippen LogP contribution in [0.1, 0.15) is 25.1 Å². The van der Waals surface area contributed by atoms with Gasteiger partial charge in [0.1, 0.15) is 11.4 Å². The molecular weight excluding hydrogens is 296 g/mol. The summed E-state index contributed by atoms with van der Waals surface area (Å²) >= 11 is 0. The Morgan fingerprint density at radius 2 is 2.09 bits per heavy atom. The third kappa shape index (κ3) is 4.00. The minimum absolute atomic E-state index is 0.00748. The van der Waals surface area contributed by atoms with Crippen molar-refractivity contribution in [2.24, 2.45) is 13.0 Å². The molecule has 0 amide bonds. The molecule has 0 aliphatic rings. The van der Waals surface area contributed by atoms with Gasteiger partial charge in [-0.1, -0.05) is 32.0 Å². The van der Waals surface area contributed by atoms with Gasteiger partial charge in [0.05, 0.1) is 11.5 Å². The van der Waals surface area contributed by atoms with E-state index in [4.69, 9.17) is 4.74 Å². The van der Waals surface area contributed by atoms with Crippen LogP contribution < -0.4 is 10.1 Å². The van der Waals surface area contributed by atoms with E-state index in [1.807, 2.05) is 24.3 Å². The van der Waals surface area contributed by atoms with Gasteiger partial charge in [0, 0.05) is 19.2 Å². The van der Waals surface area contributed by atoms with E-state index in [1.54, 1.807) is 14.0 Å². The molecule has 1 N–H and O–H groups in total. The molecule has 23 heavy (non-hydrogen) atoms. The van der Waals surface area contributed by atoms with E-state index < -0.39 is 4.92 Å². The SMILES string of the molecule is Cc1nn(C)c(NCc2ccccc2OCC(C)C)c1[N+](=O)[O-]. The van der Waals surface area contributed by atoms with E-state index in [1.165, 1.54) is 4.68 Å². The van der Waals surface area contributed by atoms with Crippen molar-refractivity contribution >= 4 is 11.5 Å². The molecule has 0 saturated heterocycles. The number of rotatable bonds is 7. The third-order valence-corrected chi connectivity index (χ3v) is 3.36. The Bertz CT molecular complexity index is 695. The summed E-state index contributed by atoms with van der Waals surface area (Å²) in [6.07, 6.45) is 0. The van der Waals surface area contributed by atoms with E-state index in [0.29, 0.717) is 30.6 Å². The van der Waals surface area contributed by atoms with E-state index in [-0.39, 0.29) is 5.69 Å². The zero-order chi connectivity index (χ0) is 17.0. The van der Waals surface area contributed by atoms with Crippen LogP contribution in [0.25, 0.3) is 0 Å². The highest BCUT2D eigenvalue weighted by molar-refractivity contribution is 5.59. The number of nitrogens with zero attached hydrogens (tertiary/aromatic N) is 3. The van der Waals surface area contributed by atoms with Gasteiger partial charge in [-0.15, -0.1) is 0 Å². The number of aryl methyl sites for hydroxylation is 2. The van der Waals surface area contributed by atoms with Crippen LogP contribution in [0, 0.1) is 23.0 Å². The highest BCUT2D eigenvalue weighted by atomic mass is 16.6. The van der Waals surface area contributed by atoms with E-state index in [2.05, 4.69) is 24.3 Å². The molecule has 2 rings (SSSR count). The van der Waals surface area contributed by atoms with Crippen LogP contribution >= 0.6 is 0 Å². The van der Waals surface area contributed by atoms with Crippen LogP contribution in [0.4, 0.5) is 11.5 Å². The first-order chi connectivity index (χ1) is 10.9. The molecule has 0 aliphatic carbocycles. The molecular formula is C16H22N4O3. The molecule has 0 radical (unpaired) electrons. The van der Waals surface area contributed by atoms with Gasteiger partial charge in [-0.25, -0.2) is 4.68 Å². The average Bonchev–Trinajstić information content (AvgIpc) is 2.77. The minimum Gasteiger partial charge on any atom is -0.493 e. The summed E-state index contributed by atoms with van der Waals surface area (Å²) in [6, 6.07) is 7.68. The molecule has 2 aromatic rings. The lowest BCUT2D eigenvalue weighted by Gasteiger charge is -2.14. The molecule has 1 aromatic heterocycles. The highest BCUT2D eigenvalue weighted by Gasteiger charge is 2.23. The highest BCUT2D eigenvalue weighted by Crippen LogP contribution is 2.28. The number of benzene rings is 1. The summed E-state index contributed by atoms with van der Waals surface area (Å²) in [5.74, 6) is 1.61. The summed E-state index contributed by atoms with van der Waals surface area (Å²) in [5, 5.41) is 18.4. The molecule has 1 aromatic carbocycles. The summed E-state index contributed by atoms with van der Waals surface area (Å²) in [6.45, 7) is 6.85. The molecule has 0 spiro atoms. The van der Waals surface area contributed by atoms with Crippen molar-refractivity contribution in [1.29, 1.82) is 0 Å². The lowest BCUT2D eigenvalue weighted by atomic mass is 10.2. The van der Waals surface area contributed by atoms with Gasteiger partial charge in [0.25, 0.3) is 0 Å². The second-order valence-electron chi connectivity index (χ2n) is 5.83. The Balaban J connectivity index is 2.17. The van der Waals surface area contributed by atoms with E-state index in [0.717, 1.165) is 11.3 Å². The number of hydrogen-bond acceptors (Lipinski definition) is 5. The molecule has 0 fully saturated rings. The Morgan fingerprint density at radius 1 is 1.39 bits per heavy atom. The Kier molecular flexibility index (Phi) is 5.20. The molecule has 0 saturated carbocycles. The number of anilines is 1. The lowest BCUT2D eigenvalue weighted by molar-refractivity contribution is -0.384. The first-order valence-electron chi connectivity index (χ1n) is 7.52. The Hall–Kier alpha value is -2.57. The molecule has 7 nitrogen and oxygen atoms in total. The topological polar surface area (TPSA) is 82.2 Å². The summed E-state index contributed by atoms with van der Waals surface area (Å²) in [7, 11) is 1.68. The molecule has 0 bridgehead atoms. The normalized spacial score (nSPS) is 10.8. The maximum atomic E-state index is 11.2. The van der Waals surface area contributed by atoms with Crippen LogP contribution in [-0.4, -0.2) is 21.3 Å². The number of nitro groups is 1. The summed E-state index contributed by atoms with van der Waals surface area (Å²) < 4.78 is 7.29. The van der Waals surface area contributed by atoms with Crippen molar-refractivity contribution in [2.75, 3.05) is 11.9 Å². The first kappa shape index (κ1) is 16.8. The third-order valence-electron chi connectivity index (χ3n) is 3.36. The largest absolute Gasteiger partial charge is 0.493 e. The fourth-order valence-electron chi connectivity index (χ4n) is 2.29. The van der Waals surface area contributed by atoms with Crippen LogP contribution in [-0.2, 0) is 13.6 Å². The molecule has 0 aliphatic heterocycles. The lowest BCUT2D eigenvalue weighted by Crippen LogP contribution is -2.10. The Labute approximate surface area is 135 Å². The predicted octanol–water partition coefficient (Wildman–Crippen LogP) is 3.28. The zero-order valence-electron chi connectivity index (χ0n) is 13.9. The minimum atomic E-state index is -0.411. The smallest absolute Gasteiger partial charge is 0.333 e. The second-order valence-corrected chi connectivity index (χ2v) is 5.83. The van der Waals surface area contributed by atoms with Gasteiger partial charge in [0.2, 0.25) is 5.82 Å². The monoisotopic (exact) mass is 318 g/mol. The predicted molar refractivity (Wildman–Crippen MR) is 88.7 cm³/mol. The summed E-state index contributed by atoms with van der Waals surface area (Å²) in [5.41, 5.74) is 1.35. The van der Waals surface area contributed by atoms with Crippen molar-refractivity contribution < 1.29 is 9.66 Å². The van der Waals surface area contributed by atoms with Crippen molar-refractivity contribution in [3.8, 4) is 5.75 Å². The van der Waals surface area contributed by atoms with Gasteiger partial charge in [0.15, 0.2) is 0 Å². The zero-order valence-corrected chi connectivity index (χ0v) is 13.9. The summed E-state index contributed by atoms with van der Waals surface area (Å²) in [4.78, 5) is 10.8. The van der Waals surface area contributed by atoms with Crippen molar-refractivity contribution in [2.45, 2.75) is 27.3 Å². The van der Waals surface area contributed by atoms with Gasteiger partial charge in [-0.3, -0.25) is 10.1 Å². The standard InChI is InChI=1S/C16H22N4O3/c1-11(2)10-23-14-8-6-5-7-13(14)9-17-16-15(20(21)22)12(3)18-19(16)4/h5-8,11,17H,9-10H2,1-4H3. The number of hydrogen-bond donors (Lipinski definition) is 1. The molecule has 7 heteroatoms. The Morgan fingerprint density at radius 3 is 2.74 bits per heavy atom. The molecule has 1 heterocycles. The van der Waals surface area contributed by atoms with Crippen molar-refractivity contribution in [3.05, 3.63) is 45.6 Å². The number of para-hydroxylation sites is 1. The first-order valence-corrected chi connectivity index (χ1v) is 7.52. The quantitative estimate of drug-likeness (QED) is 0.626. The fraction of sp³-hybridized carbons (Fsp3) is 0.438. The maximum absolute atomic E-state index is 11.2. The van der Waals surface area contributed by atoms with E-state index >= 15 is 0 Å². The molecule has 0 atom stereocenters. The molecule has 0 unspecified atom stereocenters. The van der Waals surface area contributed by atoms with Gasteiger partial charge in [-0.2, -0.15) is 5.10 Å². The van der Waals surface area contributed by atoms with Gasteiger partial charge in [-0.05, 0) is 18.9 Å². The van der Waals surface area contributed by atoms with E-state index in [9.17, 15) is 10.1 Å². The van der Waals surface area contributed by atoms with Gasteiger partial charge >= 0.3 is 5.69 Å². The number of aromatic nitrogens is 2. The maximum Gasteiger partial charge on any atom is 0.333 e.